The van der Waals surface area contributed by atoms with Crippen molar-refractivity contribution in [2.24, 2.45) is 11.3 Å². The Morgan fingerprint density at radius 1 is 1.21 bits per heavy atom. The fraction of sp³-hybridized carbons (Fsp3) is 0.375. The van der Waals surface area contributed by atoms with Crippen molar-refractivity contribution in [1.82, 2.24) is 15.2 Å². The van der Waals surface area contributed by atoms with Gasteiger partial charge in [0.1, 0.15) is 0 Å². The zero-order valence-corrected chi connectivity index (χ0v) is 19.7. The highest BCUT2D eigenvalue weighted by Crippen LogP contribution is 2.59. The number of benzene rings is 1. The molecule has 1 N–H and O–H groups in total. The largest absolute Gasteiger partial charge is 0.449 e. The molecule has 1 atom stereocenters. The lowest BCUT2D eigenvalue weighted by molar-refractivity contribution is 0.0922. The van der Waals surface area contributed by atoms with Crippen LogP contribution in [0.5, 0.6) is 0 Å². The summed E-state index contributed by atoms with van der Waals surface area (Å²) in [7, 11) is 1.75. The van der Waals surface area contributed by atoms with Crippen molar-refractivity contribution in [3.8, 4) is 0 Å². The molecule has 1 aliphatic carbocycles. The number of nitrogens with one attached hydrogen (secondary N) is 1. The SMILES string of the molecule is CN(C(=O)N1CCC2(CC1)CC2CNC(=O)c1cc2ccncc2o1)c1ccc(Cl)c(Cl)c1. The molecule has 33 heavy (non-hydrogen) atoms. The Kier molecular flexibility index (Phi) is 5.70. The van der Waals surface area contributed by atoms with Crippen molar-refractivity contribution >= 4 is 51.8 Å². The number of carbonyl (C=O) groups excluding carboxylic acids is 2. The van der Waals surface area contributed by atoms with Crippen LogP contribution in [0.25, 0.3) is 11.0 Å². The van der Waals surface area contributed by atoms with Crippen LogP contribution in [0.4, 0.5) is 10.5 Å². The number of hydrogen-bond acceptors (Lipinski definition) is 4. The number of nitrogens with zero attached hydrogens (tertiary/aromatic N) is 3. The third-order valence-corrected chi connectivity index (χ3v) is 7.76. The van der Waals surface area contributed by atoms with E-state index in [1.165, 1.54) is 0 Å². The van der Waals surface area contributed by atoms with Gasteiger partial charge in [-0.3, -0.25) is 14.7 Å². The number of fused-ring (bicyclic) bond motifs is 1. The number of carbonyl (C=O) groups is 2. The minimum absolute atomic E-state index is 0.0480. The predicted octanol–water partition coefficient (Wildman–Crippen LogP) is 5.22. The molecule has 1 spiro atoms. The summed E-state index contributed by atoms with van der Waals surface area (Å²) in [5.41, 5.74) is 1.53. The zero-order chi connectivity index (χ0) is 23.2. The maximum atomic E-state index is 13.0. The van der Waals surface area contributed by atoms with Crippen molar-refractivity contribution in [2.45, 2.75) is 19.3 Å². The summed E-state index contributed by atoms with van der Waals surface area (Å²) in [6.45, 7) is 2.02. The van der Waals surface area contributed by atoms with Crippen LogP contribution in [0.15, 0.2) is 47.1 Å². The summed E-state index contributed by atoms with van der Waals surface area (Å²) in [5, 5.41) is 4.76. The topological polar surface area (TPSA) is 78.7 Å². The third-order valence-electron chi connectivity index (χ3n) is 7.02. The average molecular weight is 487 g/mol. The molecule has 0 bridgehead atoms. The van der Waals surface area contributed by atoms with Gasteiger partial charge in [-0.1, -0.05) is 23.2 Å². The third kappa shape index (κ3) is 4.27. The molecule has 3 amide bonds. The van der Waals surface area contributed by atoms with E-state index in [-0.39, 0.29) is 17.4 Å². The summed E-state index contributed by atoms with van der Waals surface area (Å²) in [5.74, 6) is 0.528. The molecule has 2 fully saturated rings. The lowest BCUT2D eigenvalue weighted by Crippen LogP contribution is -2.46. The Morgan fingerprint density at radius 3 is 2.73 bits per heavy atom. The first kappa shape index (κ1) is 22.0. The smallest absolute Gasteiger partial charge is 0.324 e. The number of hydrogen-bond donors (Lipinski definition) is 1. The van der Waals surface area contributed by atoms with Crippen LogP contribution in [0.2, 0.25) is 10.0 Å². The maximum absolute atomic E-state index is 13.0. The van der Waals surface area contributed by atoms with Crippen LogP contribution in [0.3, 0.4) is 0 Å². The summed E-state index contributed by atoms with van der Waals surface area (Å²) < 4.78 is 5.59. The molecule has 3 aromatic rings. The second-order valence-electron chi connectivity index (χ2n) is 8.92. The second-order valence-corrected chi connectivity index (χ2v) is 9.74. The predicted molar refractivity (Wildman–Crippen MR) is 128 cm³/mol. The zero-order valence-electron chi connectivity index (χ0n) is 18.2. The molecule has 9 heteroatoms. The number of piperidine rings is 1. The summed E-state index contributed by atoms with van der Waals surface area (Å²) in [6.07, 6.45) is 6.22. The summed E-state index contributed by atoms with van der Waals surface area (Å²) in [4.78, 5) is 33.0. The van der Waals surface area contributed by atoms with E-state index in [0.717, 1.165) is 24.6 Å². The van der Waals surface area contributed by atoms with Crippen molar-refractivity contribution < 1.29 is 14.0 Å². The standard InChI is InChI=1S/C24H24Cl2N4O3/c1-29(17-2-3-18(25)19(26)11-17)23(32)30-8-5-24(6-9-30)12-16(24)13-28-22(31)20-10-15-4-7-27-14-21(15)33-20/h2-4,7,10-11,14,16H,5-6,8-9,12-13H2,1H3,(H,28,31). The molecule has 1 aliphatic heterocycles. The van der Waals surface area contributed by atoms with Gasteiger partial charge in [0.25, 0.3) is 5.91 Å². The van der Waals surface area contributed by atoms with Gasteiger partial charge in [0.15, 0.2) is 11.3 Å². The highest BCUT2D eigenvalue weighted by atomic mass is 35.5. The van der Waals surface area contributed by atoms with E-state index in [2.05, 4.69) is 10.3 Å². The number of rotatable bonds is 4. The van der Waals surface area contributed by atoms with Crippen molar-refractivity contribution in [3.05, 3.63) is 58.5 Å². The van der Waals surface area contributed by atoms with Crippen LogP contribution < -0.4 is 10.2 Å². The summed E-state index contributed by atoms with van der Waals surface area (Å²) in [6, 6.07) is 8.69. The van der Waals surface area contributed by atoms with Crippen LogP contribution in [-0.4, -0.2) is 48.5 Å². The molecule has 5 rings (SSSR count). The molecule has 1 saturated carbocycles. The molecule has 172 valence electrons. The van der Waals surface area contributed by atoms with E-state index in [4.69, 9.17) is 27.6 Å². The molecule has 1 aromatic carbocycles. The van der Waals surface area contributed by atoms with Gasteiger partial charge in [0.2, 0.25) is 0 Å². The number of amides is 3. The molecule has 1 unspecified atom stereocenters. The molecule has 1 saturated heterocycles. The van der Waals surface area contributed by atoms with Gasteiger partial charge < -0.3 is 14.6 Å². The Bertz CT molecular complexity index is 1190. The Balaban J connectivity index is 1.12. The number of aromatic nitrogens is 1. The Labute approximate surface area is 201 Å². The van der Waals surface area contributed by atoms with E-state index < -0.39 is 0 Å². The number of halogens is 2. The van der Waals surface area contributed by atoms with Crippen molar-refractivity contribution in [3.63, 3.8) is 0 Å². The first-order valence-corrected chi connectivity index (χ1v) is 11.7. The fourth-order valence-corrected chi connectivity index (χ4v) is 5.08. The lowest BCUT2D eigenvalue weighted by atomic mass is 9.91. The van der Waals surface area contributed by atoms with Gasteiger partial charge in [-0.05, 0) is 60.9 Å². The number of likely N-dealkylation sites (tertiary alicyclic amines) is 1. The van der Waals surface area contributed by atoms with E-state index in [9.17, 15) is 9.59 Å². The van der Waals surface area contributed by atoms with E-state index in [0.29, 0.717) is 52.6 Å². The Hall–Kier alpha value is -2.77. The van der Waals surface area contributed by atoms with Gasteiger partial charge in [0, 0.05) is 44.0 Å². The van der Waals surface area contributed by atoms with E-state index in [1.807, 2.05) is 11.0 Å². The molecule has 0 radical (unpaired) electrons. The fourth-order valence-electron chi connectivity index (χ4n) is 4.79. The molecule has 7 nitrogen and oxygen atoms in total. The number of furan rings is 1. The highest BCUT2D eigenvalue weighted by Gasteiger charge is 2.55. The van der Waals surface area contributed by atoms with Gasteiger partial charge in [-0.2, -0.15) is 0 Å². The van der Waals surface area contributed by atoms with E-state index in [1.54, 1.807) is 48.6 Å². The van der Waals surface area contributed by atoms with Crippen LogP contribution in [0, 0.1) is 11.3 Å². The van der Waals surface area contributed by atoms with Gasteiger partial charge in [0.05, 0.1) is 16.2 Å². The number of urea groups is 1. The van der Waals surface area contributed by atoms with Gasteiger partial charge >= 0.3 is 6.03 Å². The summed E-state index contributed by atoms with van der Waals surface area (Å²) >= 11 is 12.1. The average Bonchev–Trinajstić information content (AvgIpc) is 3.30. The highest BCUT2D eigenvalue weighted by molar-refractivity contribution is 6.42. The number of anilines is 1. The number of pyridine rings is 1. The van der Waals surface area contributed by atoms with E-state index >= 15 is 0 Å². The lowest BCUT2D eigenvalue weighted by Gasteiger charge is -2.35. The van der Waals surface area contributed by atoms with Crippen molar-refractivity contribution in [1.29, 1.82) is 0 Å². The maximum Gasteiger partial charge on any atom is 0.324 e. The van der Waals surface area contributed by atoms with Gasteiger partial charge in [-0.15, -0.1) is 0 Å². The second kappa shape index (κ2) is 8.54. The molecule has 2 aliphatic rings. The minimum Gasteiger partial charge on any atom is -0.449 e. The van der Waals surface area contributed by atoms with Crippen molar-refractivity contribution in [2.75, 3.05) is 31.6 Å². The van der Waals surface area contributed by atoms with Crippen LogP contribution in [0.1, 0.15) is 29.8 Å². The molecule has 2 aromatic heterocycles. The first-order chi connectivity index (χ1) is 15.9. The Morgan fingerprint density at radius 2 is 2.00 bits per heavy atom. The molecular weight excluding hydrogens is 463 g/mol. The molecule has 3 heterocycles. The molecular formula is C24H24Cl2N4O3. The first-order valence-electron chi connectivity index (χ1n) is 11.0. The minimum atomic E-state index is -0.205. The quantitative estimate of drug-likeness (QED) is 0.547. The van der Waals surface area contributed by atoms with Crippen LogP contribution in [-0.2, 0) is 0 Å². The monoisotopic (exact) mass is 486 g/mol. The van der Waals surface area contributed by atoms with Crippen LogP contribution >= 0.6 is 23.2 Å². The van der Waals surface area contributed by atoms with Gasteiger partial charge in [-0.25, -0.2) is 4.79 Å². The normalized spacial score (nSPS) is 19.0.